The summed E-state index contributed by atoms with van der Waals surface area (Å²) in [6.45, 7) is 4.45. The Morgan fingerprint density at radius 2 is 1.35 bits per heavy atom. The van der Waals surface area contributed by atoms with Gasteiger partial charge in [0.2, 0.25) is 5.95 Å². The Balaban J connectivity index is 1.42. The van der Waals surface area contributed by atoms with Crippen LogP contribution in [0, 0.1) is 0 Å². The molecule has 0 radical (unpaired) electrons. The average molecular weight is 352 g/mol. The lowest BCUT2D eigenvalue weighted by Gasteiger charge is -2.28. The lowest BCUT2D eigenvalue weighted by atomic mass is 10.1. The lowest BCUT2D eigenvalue weighted by Crippen LogP contribution is -2.29. The van der Waals surface area contributed by atoms with E-state index in [1.54, 1.807) is 6.20 Å². The second-order valence-electron chi connectivity index (χ2n) is 7.26. The topological polar surface area (TPSA) is 57.2 Å². The Bertz CT molecular complexity index is 688. The molecule has 0 bridgehead atoms. The van der Waals surface area contributed by atoms with Gasteiger partial charge in [-0.15, -0.1) is 5.10 Å². The molecular formula is C20H28N6. The standard InChI is InChI=1S/C20H28N6/c1-2-5-15-26(14-4-1)19-16-21-24-20(23-19)22-17-8-10-18(11-9-17)25-12-6-3-7-13-25/h8-11,16H,1-7,12-15H2,(H,22,23,24). The van der Waals surface area contributed by atoms with Gasteiger partial charge in [0.25, 0.3) is 0 Å². The summed E-state index contributed by atoms with van der Waals surface area (Å²) in [4.78, 5) is 9.47. The molecule has 6 heteroatoms. The van der Waals surface area contributed by atoms with Crippen LogP contribution in [0.4, 0.5) is 23.1 Å². The number of rotatable bonds is 4. The van der Waals surface area contributed by atoms with Crippen molar-refractivity contribution in [2.45, 2.75) is 44.9 Å². The van der Waals surface area contributed by atoms with Crippen LogP contribution in [0.1, 0.15) is 44.9 Å². The van der Waals surface area contributed by atoms with Crippen LogP contribution in [0.15, 0.2) is 30.5 Å². The maximum atomic E-state index is 4.68. The van der Waals surface area contributed by atoms with Crippen LogP contribution in [0.25, 0.3) is 0 Å². The van der Waals surface area contributed by atoms with Crippen molar-refractivity contribution in [3.8, 4) is 0 Å². The summed E-state index contributed by atoms with van der Waals surface area (Å²) in [5.74, 6) is 1.49. The molecule has 6 nitrogen and oxygen atoms in total. The number of nitrogens with zero attached hydrogens (tertiary/aromatic N) is 5. The van der Waals surface area contributed by atoms with Gasteiger partial charge in [0.15, 0.2) is 5.82 Å². The molecule has 138 valence electrons. The SMILES string of the molecule is c1cc(N2CCCCC2)ccc1Nc1nncc(N2CCCCCC2)n1. The Morgan fingerprint density at radius 3 is 2.04 bits per heavy atom. The van der Waals surface area contributed by atoms with Gasteiger partial charge in [-0.25, -0.2) is 0 Å². The minimum absolute atomic E-state index is 0.567. The Hall–Kier alpha value is -2.37. The second kappa shape index (κ2) is 8.34. The maximum Gasteiger partial charge on any atom is 0.249 e. The van der Waals surface area contributed by atoms with E-state index in [1.165, 1.54) is 50.6 Å². The summed E-state index contributed by atoms with van der Waals surface area (Å²) in [7, 11) is 0. The maximum absolute atomic E-state index is 4.68. The fourth-order valence-corrected chi connectivity index (χ4v) is 3.84. The molecular weight excluding hydrogens is 324 g/mol. The summed E-state index contributed by atoms with van der Waals surface area (Å²) in [5.41, 5.74) is 2.30. The number of anilines is 4. The molecule has 26 heavy (non-hydrogen) atoms. The van der Waals surface area contributed by atoms with Gasteiger partial charge < -0.3 is 15.1 Å². The number of nitrogens with one attached hydrogen (secondary N) is 1. The molecule has 1 aromatic carbocycles. The molecule has 0 aliphatic carbocycles. The van der Waals surface area contributed by atoms with Crippen molar-refractivity contribution in [2.24, 2.45) is 0 Å². The minimum atomic E-state index is 0.567. The van der Waals surface area contributed by atoms with Crippen molar-refractivity contribution in [3.05, 3.63) is 30.5 Å². The molecule has 2 aromatic rings. The van der Waals surface area contributed by atoms with Crippen molar-refractivity contribution < 1.29 is 0 Å². The first-order valence-electron chi connectivity index (χ1n) is 9.95. The average Bonchev–Trinajstić information content (AvgIpc) is 2.99. The largest absolute Gasteiger partial charge is 0.372 e. The van der Waals surface area contributed by atoms with E-state index in [-0.39, 0.29) is 0 Å². The van der Waals surface area contributed by atoms with Crippen LogP contribution in [0.5, 0.6) is 0 Å². The number of benzene rings is 1. The van der Waals surface area contributed by atoms with E-state index >= 15 is 0 Å². The molecule has 0 amide bonds. The fraction of sp³-hybridized carbons (Fsp3) is 0.550. The third kappa shape index (κ3) is 4.23. The van der Waals surface area contributed by atoms with E-state index in [9.17, 15) is 0 Å². The van der Waals surface area contributed by atoms with E-state index < -0.39 is 0 Å². The highest BCUT2D eigenvalue weighted by atomic mass is 15.3. The number of aromatic nitrogens is 3. The molecule has 0 saturated carbocycles. The summed E-state index contributed by atoms with van der Waals surface area (Å²) in [6.07, 6.45) is 10.8. The molecule has 4 rings (SSSR count). The summed E-state index contributed by atoms with van der Waals surface area (Å²) in [5, 5.41) is 11.6. The zero-order valence-electron chi connectivity index (χ0n) is 15.4. The molecule has 0 spiro atoms. The van der Waals surface area contributed by atoms with Gasteiger partial charge in [0.05, 0.1) is 6.20 Å². The van der Waals surface area contributed by atoms with Crippen molar-refractivity contribution in [2.75, 3.05) is 41.3 Å². The number of hydrogen-bond donors (Lipinski definition) is 1. The third-order valence-electron chi connectivity index (χ3n) is 5.32. The lowest BCUT2D eigenvalue weighted by molar-refractivity contribution is 0.578. The summed E-state index contributed by atoms with van der Waals surface area (Å²) in [6, 6.07) is 8.57. The second-order valence-corrected chi connectivity index (χ2v) is 7.26. The first-order chi connectivity index (χ1) is 12.9. The predicted octanol–water partition coefficient (Wildman–Crippen LogP) is 3.99. The third-order valence-corrected chi connectivity index (χ3v) is 5.32. The fourth-order valence-electron chi connectivity index (χ4n) is 3.84. The normalized spacial score (nSPS) is 18.5. The van der Waals surface area contributed by atoms with Gasteiger partial charge in [-0.1, -0.05) is 12.8 Å². The molecule has 2 aliphatic heterocycles. The smallest absolute Gasteiger partial charge is 0.249 e. The zero-order chi connectivity index (χ0) is 17.6. The van der Waals surface area contributed by atoms with Crippen LogP contribution in [0.3, 0.4) is 0 Å². The van der Waals surface area contributed by atoms with Gasteiger partial charge in [0, 0.05) is 37.6 Å². The van der Waals surface area contributed by atoms with Crippen molar-refractivity contribution in [1.82, 2.24) is 15.2 Å². The number of hydrogen-bond acceptors (Lipinski definition) is 6. The first kappa shape index (κ1) is 17.1. The van der Waals surface area contributed by atoms with Crippen LogP contribution in [-0.2, 0) is 0 Å². The minimum Gasteiger partial charge on any atom is -0.372 e. The monoisotopic (exact) mass is 352 g/mol. The molecule has 2 fully saturated rings. The van der Waals surface area contributed by atoms with E-state index in [0.717, 1.165) is 37.7 Å². The number of piperidine rings is 1. The predicted molar refractivity (Wildman–Crippen MR) is 106 cm³/mol. The van der Waals surface area contributed by atoms with Gasteiger partial charge >= 0.3 is 0 Å². The summed E-state index contributed by atoms with van der Waals surface area (Å²) < 4.78 is 0. The van der Waals surface area contributed by atoms with Crippen molar-refractivity contribution >= 4 is 23.1 Å². The molecule has 2 aliphatic rings. The van der Waals surface area contributed by atoms with Gasteiger partial charge in [-0.05, 0) is 56.4 Å². The van der Waals surface area contributed by atoms with E-state index in [4.69, 9.17) is 0 Å². The molecule has 3 heterocycles. The highest BCUT2D eigenvalue weighted by molar-refractivity contribution is 5.59. The molecule has 0 atom stereocenters. The molecule has 0 unspecified atom stereocenters. The highest BCUT2D eigenvalue weighted by Crippen LogP contribution is 2.23. The Morgan fingerprint density at radius 1 is 0.731 bits per heavy atom. The van der Waals surface area contributed by atoms with Crippen LogP contribution in [-0.4, -0.2) is 41.4 Å². The highest BCUT2D eigenvalue weighted by Gasteiger charge is 2.13. The quantitative estimate of drug-likeness (QED) is 0.898. The van der Waals surface area contributed by atoms with Gasteiger partial charge in [-0.2, -0.15) is 10.1 Å². The zero-order valence-corrected chi connectivity index (χ0v) is 15.4. The van der Waals surface area contributed by atoms with E-state index in [2.05, 4.69) is 54.6 Å². The molecule has 2 saturated heterocycles. The Labute approximate surface area is 155 Å². The Kier molecular flexibility index (Phi) is 5.47. The summed E-state index contributed by atoms with van der Waals surface area (Å²) >= 11 is 0. The van der Waals surface area contributed by atoms with Crippen molar-refractivity contribution in [3.63, 3.8) is 0 Å². The van der Waals surface area contributed by atoms with Crippen LogP contribution >= 0.6 is 0 Å². The van der Waals surface area contributed by atoms with Crippen LogP contribution in [0.2, 0.25) is 0 Å². The van der Waals surface area contributed by atoms with Gasteiger partial charge in [-0.3, -0.25) is 0 Å². The molecule has 1 aromatic heterocycles. The van der Waals surface area contributed by atoms with Crippen molar-refractivity contribution in [1.29, 1.82) is 0 Å². The van der Waals surface area contributed by atoms with Gasteiger partial charge in [0.1, 0.15) is 0 Å². The van der Waals surface area contributed by atoms with E-state index in [0.29, 0.717) is 5.95 Å². The van der Waals surface area contributed by atoms with E-state index in [1.807, 2.05) is 0 Å². The first-order valence-corrected chi connectivity index (χ1v) is 9.95. The molecule has 1 N–H and O–H groups in total. The van der Waals surface area contributed by atoms with Crippen LogP contribution < -0.4 is 15.1 Å².